The molecule has 3 aromatic rings. The molecule has 1 aliphatic heterocycles. The fourth-order valence-corrected chi connectivity index (χ4v) is 4.02. The van der Waals surface area contributed by atoms with Crippen LogP contribution in [0, 0.1) is 0 Å². The molecule has 3 heterocycles. The largest absolute Gasteiger partial charge is 0.381 e. The highest BCUT2D eigenvalue weighted by Crippen LogP contribution is 2.26. The number of hydrogen-bond acceptors (Lipinski definition) is 6. The van der Waals surface area contributed by atoms with E-state index in [1.165, 1.54) is 0 Å². The average molecular weight is 442 g/mol. The summed E-state index contributed by atoms with van der Waals surface area (Å²) in [5, 5.41) is 8.31. The Kier molecular flexibility index (Phi) is 6.89. The summed E-state index contributed by atoms with van der Waals surface area (Å²) in [6.07, 6.45) is 7.61. The number of ether oxygens (including phenoxy) is 1. The zero-order chi connectivity index (χ0) is 21.6. The summed E-state index contributed by atoms with van der Waals surface area (Å²) in [5.41, 5.74) is 0.811. The Morgan fingerprint density at radius 3 is 2.68 bits per heavy atom. The van der Waals surface area contributed by atoms with Crippen LogP contribution in [0.2, 0.25) is 5.02 Å². The minimum absolute atomic E-state index is 0.108. The minimum atomic E-state index is -0.197. The summed E-state index contributed by atoms with van der Waals surface area (Å²) in [6, 6.07) is 5.60. The number of H-pyrrole nitrogens is 1. The lowest BCUT2D eigenvalue weighted by Gasteiger charge is -2.31. The maximum Gasteiger partial charge on any atom is 0.272 e. The third-order valence-electron chi connectivity index (χ3n) is 5.63. The molecule has 0 radical (unpaired) electrons. The highest BCUT2D eigenvalue weighted by atomic mass is 35.5. The van der Waals surface area contributed by atoms with Crippen LogP contribution in [0.5, 0.6) is 0 Å². The molecule has 0 aliphatic carbocycles. The predicted octanol–water partition coefficient (Wildman–Crippen LogP) is 2.72. The van der Waals surface area contributed by atoms with Crippen molar-refractivity contribution in [2.45, 2.75) is 31.6 Å². The molecule has 8 nitrogen and oxygen atoms in total. The van der Waals surface area contributed by atoms with E-state index in [1.54, 1.807) is 24.7 Å². The lowest BCUT2D eigenvalue weighted by Crippen LogP contribution is -2.38. The Bertz CT molecular complexity index is 1090. The number of nitrogens with zero attached hydrogens (tertiary/aromatic N) is 4. The monoisotopic (exact) mass is 441 g/mol. The number of benzene rings is 1. The molecule has 1 aliphatic rings. The number of rotatable bonds is 7. The van der Waals surface area contributed by atoms with Gasteiger partial charge in [-0.05, 0) is 30.9 Å². The van der Waals surface area contributed by atoms with Crippen molar-refractivity contribution < 1.29 is 9.53 Å². The molecule has 31 heavy (non-hydrogen) atoms. The molecule has 1 amide bonds. The van der Waals surface area contributed by atoms with E-state index < -0.39 is 0 Å². The van der Waals surface area contributed by atoms with Gasteiger partial charge in [-0.25, -0.2) is 15.1 Å². The Labute approximate surface area is 184 Å². The topological polar surface area (TPSA) is 101 Å². The molecule has 4 rings (SSSR count). The molecule has 1 N–H and O–H groups in total. The summed E-state index contributed by atoms with van der Waals surface area (Å²) in [7, 11) is 0. The van der Waals surface area contributed by atoms with Gasteiger partial charge in [-0.2, -0.15) is 5.10 Å². The van der Waals surface area contributed by atoms with Crippen LogP contribution in [-0.4, -0.2) is 57.3 Å². The van der Waals surface area contributed by atoms with Crippen molar-refractivity contribution in [3.05, 3.63) is 63.6 Å². The van der Waals surface area contributed by atoms with Gasteiger partial charge in [0.15, 0.2) is 0 Å². The van der Waals surface area contributed by atoms with E-state index in [0.717, 1.165) is 29.6 Å². The van der Waals surface area contributed by atoms with E-state index in [0.29, 0.717) is 49.6 Å². The van der Waals surface area contributed by atoms with Crippen molar-refractivity contribution in [1.29, 1.82) is 0 Å². The summed E-state index contributed by atoms with van der Waals surface area (Å²) in [4.78, 5) is 34.8. The van der Waals surface area contributed by atoms with E-state index in [-0.39, 0.29) is 17.4 Å². The van der Waals surface area contributed by atoms with Crippen LogP contribution >= 0.6 is 11.6 Å². The number of nitrogens with one attached hydrogen (secondary N) is 1. The van der Waals surface area contributed by atoms with Crippen LogP contribution in [0.1, 0.15) is 36.6 Å². The molecule has 0 bridgehead atoms. The average Bonchev–Trinajstić information content (AvgIpc) is 2.80. The van der Waals surface area contributed by atoms with Crippen molar-refractivity contribution in [3.8, 4) is 0 Å². The predicted molar refractivity (Wildman–Crippen MR) is 117 cm³/mol. The van der Waals surface area contributed by atoms with Gasteiger partial charge in [0, 0.05) is 36.8 Å². The molecule has 0 atom stereocenters. The molecule has 1 saturated heterocycles. The second kappa shape index (κ2) is 9.98. The number of hydrogen-bond donors (Lipinski definition) is 1. The van der Waals surface area contributed by atoms with Crippen molar-refractivity contribution in [3.63, 3.8) is 0 Å². The molecule has 0 unspecified atom stereocenters. The van der Waals surface area contributed by atoms with Gasteiger partial charge in [-0.1, -0.05) is 23.7 Å². The quantitative estimate of drug-likeness (QED) is 0.566. The van der Waals surface area contributed by atoms with Crippen LogP contribution in [0.4, 0.5) is 0 Å². The first kappa shape index (κ1) is 21.4. The van der Waals surface area contributed by atoms with Gasteiger partial charge in [-0.3, -0.25) is 9.59 Å². The number of halogens is 1. The van der Waals surface area contributed by atoms with Crippen LogP contribution in [0.15, 0.2) is 41.6 Å². The van der Waals surface area contributed by atoms with Crippen molar-refractivity contribution in [1.82, 2.24) is 25.1 Å². The van der Waals surface area contributed by atoms with Gasteiger partial charge in [0.1, 0.15) is 5.82 Å². The second-order valence-corrected chi connectivity index (χ2v) is 8.04. The molecule has 1 fully saturated rings. The molecule has 2 aromatic heterocycles. The number of likely N-dealkylation sites (tertiary alicyclic amines) is 1. The number of aromatic nitrogens is 4. The first-order chi connectivity index (χ1) is 15.1. The first-order valence-electron chi connectivity index (χ1n) is 10.4. The third kappa shape index (κ3) is 5.26. The fraction of sp³-hybridized carbons (Fsp3) is 0.409. The third-order valence-corrected chi connectivity index (χ3v) is 5.83. The molecule has 9 heteroatoms. The summed E-state index contributed by atoms with van der Waals surface area (Å²) < 4.78 is 5.69. The van der Waals surface area contributed by atoms with Gasteiger partial charge in [0.2, 0.25) is 5.91 Å². The number of carbonyl (C=O) groups is 1. The number of carbonyl (C=O) groups excluding carboxylic acids is 1. The van der Waals surface area contributed by atoms with Gasteiger partial charge in [-0.15, -0.1) is 0 Å². The second-order valence-electron chi connectivity index (χ2n) is 7.60. The maximum atomic E-state index is 12.5. The Morgan fingerprint density at radius 1 is 1.13 bits per heavy atom. The number of fused-ring (bicyclic) bond motifs is 1. The molecule has 1 aromatic carbocycles. The smallest absolute Gasteiger partial charge is 0.272 e. The standard InChI is InChI=1S/C22H24ClN5O3/c23-17-12-24-21(25-13-17)16-4-8-28(9-5-16)20(29)7-11-31-10-6-15-2-1-3-18-19(15)14-26-27-22(18)30/h1-3,12-14,16H,4-11H2,(H,27,30). The SMILES string of the molecule is O=C(CCOCCc1cccc2c(=O)[nH]ncc12)N1CCC(c2ncc(Cl)cn2)CC1. The van der Waals surface area contributed by atoms with E-state index in [2.05, 4.69) is 20.2 Å². The van der Waals surface area contributed by atoms with Crippen LogP contribution in [0.3, 0.4) is 0 Å². The maximum absolute atomic E-state index is 12.5. The number of aromatic amines is 1. The summed E-state index contributed by atoms with van der Waals surface area (Å²) in [6.45, 7) is 2.26. The van der Waals surface area contributed by atoms with Gasteiger partial charge in [0.05, 0.1) is 36.2 Å². The van der Waals surface area contributed by atoms with E-state index in [4.69, 9.17) is 16.3 Å². The van der Waals surface area contributed by atoms with Crippen LogP contribution in [-0.2, 0) is 16.0 Å². The lowest BCUT2D eigenvalue weighted by molar-refractivity contribution is -0.133. The summed E-state index contributed by atoms with van der Waals surface area (Å²) >= 11 is 5.85. The number of piperidine rings is 1. The Balaban J connectivity index is 1.19. The Hall–Kier alpha value is -2.84. The molecular weight excluding hydrogens is 418 g/mol. The first-order valence-corrected chi connectivity index (χ1v) is 10.8. The number of amides is 1. The van der Waals surface area contributed by atoms with Crippen LogP contribution in [0.25, 0.3) is 10.8 Å². The summed E-state index contributed by atoms with van der Waals surface area (Å²) in [5.74, 6) is 1.17. The van der Waals surface area contributed by atoms with E-state index >= 15 is 0 Å². The molecule has 0 spiro atoms. The van der Waals surface area contributed by atoms with Crippen molar-refractivity contribution in [2.24, 2.45) is 0 Å². The normalized spacial score (nSPS) is 14.8. The molecule has 162 valence electrons. The van der Waals surface area contributed by atoms with Gasteiger partial charge >= 0.3 is 0 Å². The van der Waals surface area contributed by atoms with E-state index in [9.17, 15) is 9.59 Å². The van der Waals surface area contributed by atoms with E-state index in [1.807, 2.05) is 17.0 Å². The van der Waals surface area contributed by atoms with Crippen molar-refractivity contribution >= 4 is 28.3 Å². The zero-order valence-corrected chi connectivity index (χ0v) is 17.8. The minimum Gasteiger partial charge on any atom is -0.381 e. The van der Waals surface area contributed by atoms with Gasteiger partial charge in [0.25, 0.3) is 5.56 Å². The van der Waals surface area contributed by atoms with Crippen molar-refractivity contribution in [2.75, 3.05) is 26.3 Å². The van der Waals surface area contributed by atoms with Crippen LogP contribution < -0.4 is 5.56 Å². The highest BCUT2D eigenvalue weighted by Gasteiger charge is 2.25. The highest BCUT2D eigenvalue weighted by molar-refractivity contribution is 6.30. The zero-order valence-electron chi connectivity index (χ0n) is 17.1. The molecular formula is C22H24ClN5O3. The fourth-order valence-electron chi connectivity index (χ4n) is 3.92. The Morgan fingerprint density at radius 2 is 1.90 bits per heavy atom. The molecule has 0 saturated carbocycles. The van der Waals surface area contributed by atoms with Gasteiger partial charge < -0.3 is 9.64 Å². The lowest BCUT2D eigenvalue weighted by atomic mass is 9.96.